The van der Waals surface area contributed by atoms with Gasteiger partial charge < -0.3 is 9.47 Å². The molecule has 39 heavy (non-hydrogen) atoms. The molecule has 4 rings (SSSR count). The molecule has 0 radical (unpaired) electrons. The molecule has 1 saturated carbocycles. The number of alkyl halides is 3. The number of methoxy groups -OCH3 is 1. The summed E-state index contributed by atoms with van der Waals surface area (Å²) in [5.41, 5.74) is 2.28. The predicted molar refractivity (Wildman–Crippen MR) is 145 cm³/mol. The van der Waals surface area contributed by atoms with E-state index in [4.69, 9.17) is 9.47 Å². The molecule has 0 saturated heterocycles. The monoisotopic (exact) mass is 560 g/mol. The third-order valence-electron chi connectivity index (χ3n) is 6.73. The van der Waals surface area contributed by atoms with Gasteiger partial charge in [-0.15, -0.1) is 0 Å². The van der Waals surface area contributed by atoms with E-state index in [1.807, 2.05) is 6.92 Å². The second-order valence-corrected chi connectivity index (χ2v) is 16.9. The summed E-state index contributed by atoms with van der Waals surface area (Å²) in [4.78, 5) is 24.2. The molecule has 0 N–H and O–H groups in total. The number of benzene rings is 1. The number of fused-ring (bicyclic) bond motifs is 1. The molecule has 1 aromatic carbocycles. The van der Waals surface area contributed by atoms with Crippen LogP contribution in [0.3, 0.4) is 0 Å². The van der Waals surface area contributed by atoms with Crippen molar-refractivity contribution in [2.24, 2.45) is 5.92 Å². The van der Waals surface area contributed by atoms with Gasteiger partial charge in [0.15, 0.2) is 6.04 Å². The number of hydrogen-bond donors (Lipinski definition) is 0. The van der Waals surface area contributed by atoms with Crippen LogP contribution in [0.15, 0.2) is 18.2 Å². The molecule has 2 heterocycles. The highest BCUT2D eigenvalue weighted by Gasteiger charge is 2.52. The van der Waals surface area contributed by atoms with Gasteiger partial charge >= 0.3 is 12.2 Å². The number of ether oxygens (including phenoxy) is 2. The van der Waals surface area contributed by atoms with Gasteiger partial charge in [-0.2, -0.15) is 18.2 Å². The summed E-state index contributed by atoms with van der Waals surface area (Å²) < 4.78 is 54.6. The predicted octanol–water partition coefficient (Wildman–Crippen LogP) is 6.22. The summed E-state index contributed by atoms with van der Waals surface area (Å²) in [6.07, 6.45) is -2.72. The van der Waals surface area contributed by atoms with Crippen molar-refractivity contribution in [1.29, 1.82) is 0 Å². The van der Waals surface area contributed by atoms with Gasteiger partial charge in [-0.1, -0.05) is 37.7 Å². The van der Waals surface area contributed by atoms with Crippen LogP contribution < -0.4 is 9.64 Å². The Labute approximate surface area is 228 Å². The van der Waals surface area contributed by atoms with E-state index >= 15 is 0 Å². The molecule has 210 valence electrons. The molecule has 2 aromatic rings. The van der Waals surface area contributed by atoms with Crippen molar-refractivity contribution < 1.29 is 27.4 Å². The van der Waals surface area contributed by atoms with Gasteiger partial charge in [-0.25, -0.2) is 14.7 Å². The van der Waals surface area contributed by atoms with Crippen molar-refractivity contribution >= 4 is 19.8 Å². The van der Waals surface area contributed by atoms with E-state index in [2.05, 4.69) is 41.6 Å². The molecule has 1 aliphatic carbocycles. The average Bonchev–Trinajstić information content (AvgIpc) is 3.66. The number of hydrogen-bond acceptors (Lipinski definition) is 5. The summed E-state index contributed by atoms with van der Waals surface area (Å²) in [7, 11) is 0.110. The normalized spacial score (nSPS) is 17.6. The zero-order valence-corrected chi connectivity index (χ0v) is 24.3. The lowest BCUT2D eigenvalue weighted by Crippen LogP contribution is -2.52. The molecule has 2 amide bonds. The Hall–Kier alpha value is -3.10. The lowest BCUT2D eigenvalue weighted by molar-refractivity contribution is -0.172. The van der Waals surface area contributed by atoms with E-state index in [9.17, 15) is 18.0 Å². The summed E-state index contributed by atoms with van der Waals surface area (Å²) in [6, 6.07) is 5.11. The van der Waals surface area contributed by atoms with Crippen LogP contribution in [-0.2, 0) is 11.2 Å². The average molecular weight is 561 g/mol. The van der Waals surface area contributed by atoms with Crippen LogP contribution in [0.25, 0.3) is 0 Å². The van der Waals surface area contributed by atoms with E-state index in [1.54, 1.807) is 19.1 Å². The minimum Gasteiger partial charge on any atom is -0.481 e. The van der Waals surface area contributed by atoms with Crippen LogP contribution in [0.1, 0.15) is 47.1 Å². The Balaban J connectivity index is 1.74. The Morgan fingerprint density at radius 1 is 1.15 bits per heavy atom. The molecule has 1 aromatic heterocycles. The summed E-state index contributed by atoms with van der Waals surface area (Å²) in [6.45, 7) is 10.5. The van der Waals surface area contributed by atoms with Gasteiger partial charge in [0.2, 0.25) is 5.88 Å². The van der Waals surface area contributed by atoms with Gasteiger partial charge in [0.25, 0.3) is 0 Å². The fourth-order valence-corrected chi connectivity index (χ4v) is 5.17. The van der Waals surface area contributed by atoms with Gasteiger partial charge in [0.1, 0.15) is 12.6 Å². The number of carbonyl (C=O) groups is 1. The van der Waals surface area contributed by atoms with Crippen molar-refractivity contribution in [1.82, 2.24) is 14.9 Å². The molecule has 1 aliphatic heterocycles. The van der Waals surface area contributed by atoms with E-state index in [-0.39, 0.29) is 23.9 Å². The first kappa shape index (κ1) is 28.9. The number of aromatic nitrogens is 2. The first-order chi connectivity index (χ1) is 18.3. The Kier molecular flexibility index (Phi) is 8.28. The van der Waals surface area contributed by atoms with E-state index in [0.29, 0.717) is 35.2 Å². The van der Waals surface area contributed by atoms with Crippen molar-refractivity contribution in [3.63, 3.8) is 0 Å². The highest BCUT2D eigenvalue weighted by Crippen LogP contribution is 2.46. The number of amides is 2. The number of nitrogens with zero attached hydrogens (tertiary/aromatic N) is 4. The van der Waals surface area contributed by atoms with Crippen LogP contribution in [0.5, 0.6) is 5.88 Å². The van der Waals surface area contributed by atoms with E-state index in [1.165, 1.54) is 18.1 Å². The summed E-state index contributed by atoms with van der Waals surface area (Å²) in [5.74, 6) is 3.84. The summed E-state index contributed by atoms with van der Waals surface area (Å²) in [5, 5.41) is 0. The maximum Gasteiger partial charge on any atom is 0.414 e. The Morgan fingerprint density at radius 3 is 2.49 bits per heavy atom. The van der Waals surface area contributed by atoms with E-state index in [0.717, 1.165) is 30.1 Å². The molecule has 11 heteroatoms. The number of rotatable bonds is 8. The molecule has 0 bridgehead atoms. The van der Waals surface area contributed by atoms with E-state index < -0.39 is 26.3 Å². The minimum atomic E-state index is -4.71. The zero-order valence-electron chi connectivity index (χ0n) is 23.3. The van der Waals surface area contributed by atoms with Crippen molar-refractivity contribution in [3.05, 3.63) is 46.4 Å². The molecular formula is C28H35F3N4O3Si. The molecule has 1 fully saturated rings. The fourth-order valence-electron chi connectivity index (χ4n) is 4.41. The standard InChI is InChI=1S/C28H35F3N4O3Si/c1-18-23(26(37-3)33-19(2)32-18)15-21-9-10-22-24(16-21)35(17-38-13-14-39(4,5)6)27(36)34(12-11-20-7-8-20)25(22)28(29,30)31/h9-10,16,20,25H,7-8,13-15,17H2,1-6H3. The third-order valence-corrected chi connectivity index (χ3v) is 8.43. The SMILES string of the molecule is COc1nc(C)nc(C)c1Cc1ccc2c(c1)N(COCC[Si](C)(C)C)C(=O)N(C#CC1CC1)C2C(F)(F)F. The largest absolute Gasteiger partial charge is 0.481 e. The lowest BCUT2D eigenvalue weighted by atomic mass is 9.95. The second kappa shape index (κ2) is 11.2. The third kappa shape index (κ3) is 6.92. The Morgan fingerprint density at radius 2 is 1.87 bits per heavy atom. The number of carbonyl (C=O) groups excluding carboxylic acids is 1. The highest BCUT2D eigenvalue weighted by molar-refractivity contribution is 6.76. The van der Waals surface area contributed by atoms with Crippen LogP contribution in [0.4, 0.5) is 23.7 Å². The van der Waals surface area contributed by atoms with Gasteiger partial charge in [0, 0.05) is 49.9 Å². The molecule has 1 atom stereocenters. The molecule has 7 nitrogen and oxygen atoms in total. The summed E-state index contributed by atoms with van der Waals surface area (Å²) >= 11 is 0. The van der Waals surface area contributed by atoms with Crippen molar-refractivity contribution in [3.8, 4) is 17.8 Å². The maximum absolute atomic E-state index is 14.4. The van der Waals surface area contributed by atoms with Crippen LogP contribution >= 0.6 is 0 Å². The minimum absolute atomic E-state index is 0.0337. The quantitative estimate of drug-likeness (QED) is 0.218. The number of halogens is 3. The van der Waals surface area contributed by atoms with Gasteiger partial charge in [-0.05, 0) is 44.4 Å². The zero-order chi connectivity index (χ0) is 28.5. The van der Waals surface area contributed by atoms with Crippen LogP contribution in [0.2, 0.25) is 25.7 Å². The highest BCUT2D eigenvalue weighted by atomic mass is 28.3. The van der Waals surface area contributed by atoms with Crippen LogP contribution in [-0.4, -0.2) is 55.6 Å². The van der Waals surface area contributed by atoms with Gasteiger partial charge in [0.05, 0.1) is 12.8 Å². The number of anilines is 1. The lowest BCUT2D eigenvalue weighted by Gasteiger charge is -2.40. The topological polar surface area (TPSA) is 67.8 Å². The smallest absolute Gasteiger partial charge is 0.414 e. The van der Waals surface area contributed by atoms with Crippen molar-refractivity contribution in [2.45, 2.75) is 71.0 Å². The molecule has 1 unspecified atom stereocenters. The van der Waals surface area contributed by atoms with Crippen LogP contribution in [0, 0.1) is 31.7 Å². The Bertz CT molecular complexity index is 1300. The molecule has 2 aliphatic rings. The maximum atomic E-state index is 14.4. The number of aryl methyl sites for hydroxylation is 2. The molecular weight excluding hydrogens is 525 g/mol. The van der Waals surface area contributed by atoms with Gasteiger partial charge in [-0.3, -0.25) is 4.90 Å². The first-order valence-electron chi connectivity index (χ1n) is 13.1. The van der Waals surface area contributed by atoms with Crippen molar-refractivity contribution in [2.75, 3.05) is 25.3 Å². The second-order valence-electron chi connectivity index (χ2n) is 11.3. The fraction of sp³-hybridized carbons (Fsp3) is 0.536. The first-order valence-corrected chi connectivity index (χ1v) is 16.8. The molecule has 0 spiro atoms. The number of urea groups is 1.